The first-order chi connectivity index (χ1) is 12.0. The molecule has 3 aromatic rings. The summed E-state index contributed by atoms with van der Waals surface area (Å²) in [6, 6.07) is 3.51. The molecule has 0 aliphatic rings. The van der Waals surface area contributed by atoms with Crippen LogP contribution in [0.15, 0.2) is 17.5 Å². The number of rotatable bonds is 6. The second kappa shape index (κ2) is 6.85. The summed E-state index contributed by atoms with van der Waals surface area (Å²) in [6.45, 7) is 1.90. The smallest absolute Gasteiger partial charge is 0.248 e. The molecule has 9 nitrogen and oxygen atoms in total. The lowest BCUT2D eigenvalue weighted by Crippen LogP contribution is -2.02. The average molecular weight is 362 g/mol. The van der Waals surface area contributed by atoms with Crippen LogP contribution in [0.2, 0.25) is 0 Å². The highest BCUT2D eigenvalue weighted by atomic mass is 32.1. The summed E-state index contributed by atoms with van der Waals surface area (Å²) in [4.78, 5) is 8.57. The molecule has 2 heterocycles. The number of nitrogen functional groups attached to an aromatic ring is 1. The van der Waals surface area contributed by atoms with E-state index in [9.17, 15) is 0 Å². The van der Waals surface area contributed by atoms with Crippen molar-refractivity contribution in [3.05, 3.63) is 23.2 Å². The van der Waals surface area contributed by atoms with Gasteiger partial charge >= 0.3 is 0 Å². The second-order valence-electron chi connectivity index (χ2n) is 5.02. The van der Waals surface area contributed by atoms with Crippen molar-refractivity contribution in [3.63, 3.8) is 0 Å². The number of ether oxygens (including phenoxy) is 3. The van der Waals surface area contributed by atoms with Crippen molar-refractivity contribution in [1.29, 1.82) is 0 Å². The van der Waals surface area contributed by atoms with E-state index in [0.717, 1.165) is 5.69 Å². The van der Waals surface area contributed by atoms with Crippen LogP contribution in [0.4, 0.5) is 17.6 Å². The highest BCUT2D eigenvalue weighted by Crippen LogP contribution is 2.40. The number of hydrogen-bond acceptors (Lipinski definition) is 9. The zero-order valence-corrected chi connectivity index (χ0v) is 15.0. The maximum atomic E-state index is 5.94. The van der Waals surface area contributed by atoms with Gasteiger partial charge in [0.15, 0.2) is 11.5 Å². The molecule has 0 fully saturated rings. The molecule has 132 valence electrons. The summed E-state index contributed by atoms with van der Waals surface area (Å²) in [7, 11) is 4.65. The minimum Gasteiger partial charge on any atom is -0.493 e. The summed E-state index contributed by atoms with van der Waals surface area (Å²) in [5, 5.41) is 10.00. The number of nitrogens with two attached hydrogens (primary N) is 1. The molecule has 0 radical (unpaired) electrons. The van der Waals surface area contributed by atoms with Crippen molar-refractivity contribution in [3.8, 4) is 22.4 Å². The molecule has 0 bridgehead atoms. The monoisotopic (exact) mass is 362 g/mol. The van der Waals surface area contributed by atoms with Gasteiger partial charge in [-0.1, -0.05) is 0 Å². The van der Waals surface area contributed by atoms with E-state index in [0.29, 0.717) is 34.0 Å². The van der Waals surface area contributed by atoms with Gasteiger partial charge in [0, 0.05) is 23.2 Å². The minimum atomic E-state index is 0.240. The molecular weight excluding hydrogens is 344 g/mol. The Bertz CT molecular complexity index is 866. The van der Waals surface area contributed by atoms with Crippen LogP contribution in [0.5, 0.6) is 17.2 Å². The Labute approximate surface area is 148 Å². The maximum Gasteiger partial charge on any atom is 0.248 e. The Hall–Kier alpha value is -3.01. The van der Waals surface area contributed by atoms with Crippen molar-refractivity contribution in [2.24, 2.45) is 0 Å². The normalized spacial score (nSPS) is 10.6. The fourth-order valence-electron chi connectivity index (χ4n) is 2.24. The summed E-state index contributed by atoms with van der Waals surface area (Å²) >= 11 is 1.44. The van der Waals surface area contributed by atoms with E-state index in [-0.39, 0.29) is 5.95 Å². The average Bonchev–Trinajstić information content (AvgIpc) is 3.19. The molecular formula is C15H18N6O3S. The Kier molecular flexibility index (Phi) is 4.61. The Morgan fingerprint density at radius 2 is 1.76 bits per heavy atom. The highest BCUT2D eigenvalue weighted by molar-refractivity contribution is 7.12. The molecule has 0 spiro atoms. The first-order valence-corrected chi connectivity index (χ1v) is 8.15. The van der Waals surface area contributed by atoms with Crippen LogP contribution < -0.4 is 25.3 Å². The first-order valence-electron chi connectivity index (χ1n) is 7.27. The van der Waals surface area contributed by atoms with Gasteiger partial charge < -0.3 is 25.3 Å². The topological polar surface area (TPSA) is 109 Å². The molecule has 0 unspecified atom stereocenters. The van der Waals surface area contributed by atoms with Gasteiger partial charge in [-0.2, -0.15) is 9.67 Å². The molecule has 0 saturated carbocycles. The molecule has 2 aromatic heterocycles. The molecule has 0 amide bonds. The highest BCUT2D eigenvalue weighted by Gasteiger charge is 2.16. The fourth-order valence-corrected chi connectivity index (χ4v) is 3.00. The van der Waals surface area contributed by atoms with Crippen LogP contribution >= 0.6 is 11.3 Å². The predicted molar refractivity (Wildman–Crippen MR) is 95.6 cm³/mol. The standard InChI is InChI=1S/C15H18N6O3S/c1-8-7-25-15(17-8)21-13(16)19-14(20-21)18-9-5-10(22-2)12(24-4)11(6-9)23-3/h5-7H,1-4H3,(H3,16,18,19,20). The van der Waals surface area contributed by atoms with Gasteiger partial charge in [0.05, 0.1) is 27.0 Å². The number of aryl methyl sites for hydroxylation is 1. The van der Waals surface area contributed by atoms with E-state index in [1.807, 2.05) is 12.3 Å². The lowest BCUT2D eigenvalue weighted by molar-refractivity contribution is 0.324. The molecule has 3 N–H and O–H groups in total. The molecule has 0 atom stereocenters. The van der Waals surface area contributed by atoms with E-state index in [1.54, 1.807) is 33.5 Å². The number of nitrogens with one attached hydrogen (secondary N) is 1. The molecule has 0 aliphatic heterocycles. The summed E-state index contributed by atoms with van der Waals surface area (Å²) in [5.41, 5.74) is 7.51. The Balaban J connectivity index is 1.93. The number of methoxy groups -OCH3 is 3. The zero-order chi connectivity index (χ0) is 18.0. The van der Waals surface area contributed by atoms with Gasteiger partial charge in [-0.05, 0) is 6.92 Å². The van der Waals surface area contributed by atoms with Gasteiger partial charge in [-0.15, -0.1) is 16.4 Å². The van der Waals surface area contributed by atoms with Crippen molar-refractivity contribution in [1.82, 2.24) is 19.7 Å². The molecule has 25 heavy (non-hydrogen) atoms. The number of benzene rings is 1. The first kappa shape index (κ1) is 16.8. The molecule has 0 saturated heterocycles. The predicted octanol–water partition coefficient (Wildman–Crippen LogP) is 2.38. The summed E-state index contributed by atoms with van der Waals surface area (Å²) < 4.78 is 17.5. The maximum absolute atomic E-state index is 5.94. The summed E-state index contributed by atoms with van der Waals surface area (Å²) in [6.07, 6.45) is 0. The number of hydrogen-bond donors (Lipinski definition) is 2. The number of aromatic nitrogens is 4. The fraction of sp³-hybridized carbons (Fsp3) is 0.267. The third-order valence-corrected chi connectivity index (χ3v) is 4.28. The third-order valence-electron chi connectivity index (χ3n) is 3.34. The molecule has 3 rings (SSSR count). The van der Waals surface area contributed by atoms with Crippen LogP contribution in [0, 0.1) is 6.92 Å². The molecule has 1 aromatic carbocycles. The Morgan fingerprint density at radius 1 is 1.08 bits per heavy atom. The zero-order valence-electron chi connectivity index (χ0n) is 14.2. The quantitative estimate of drug-likeness (QED) is 0.688. The van der Waals surface area contributed by atoms with Crippen LogP contribution in [-0.2, 0) is 0 Å². The van der Waals surface area contributed by atoms with Crippen molar-refractivity contribution < 1.29 is 14.2 Å². The van der Waals surface area contributed by atoms with Gasteiger partial charge in [-0.25, -0.2) is 4.98 Å². The Morgan fingerprint density at radius 3 is 2.28 bits per heavy atom. The van der Waals surface area contributed by atoms with Gasteiger partial charge in [0.25, 0.3) is 0 Å². The number of thiazole rings is 1. The lowest BCUT2D eigenvalue weighted by Gasteiger charge is -2.14. The van der Waals surface area contributed by atoms with E-state index in [1.165, 1.54) is 16.0 Å². The number of nitrogens with zero attached hydrogens (tertiary/aromatic N) is 4. The van der Waals surface area contributed by atoms with Crippen LogP contribution in [0.25, 0.3) is 5.13 Å². The van der Waals surface area contributed by atoms with E-state index in [4.69, 9.17) is 19.9 Å². The molecule has 0 aliphatic carbocycles. The minimum absolute atomic E-state index is 0.240. The largest absolute Gasteiger partial charge is 0.493 e. The van der Waals surface area contributed by atoms with Gasteiger partial charge in [0.2, 0.25) is 22.8 Å². The van der Waals surface area contributed by atoms with E-state index < -0.39 is 0 Å². The van der Waals surface area contributed by atoms with Crippen molar-refractivity contribution >= 4 is 28.9 Å². The second-order valence-corrected chi connectivity index (χ2v) is 5.85. The molecule has 10 heteroatoms. The lowest BCUT2D eigenvalue weighted by atomic mass is 10.2. The van der Waals surface area contributed by atoms with Crippen LogP contribution in [-0.4, -0.2) is 41.1 Å². The van der Waals surface area contributed by atoms with Gasteiger partial charge in [0.1, 0.15) is 0 Å². The van der Waals surface area contributed by atoms with Gasteiger partial charge in [-0.3, -0.25) is 0 Å². The number of anilines is 3. The summed E-state index contributed by atoms with van der Waals surface area (Å²) in [5.74, 6) is 2.12. The SMILES string of the molecule is COc1cc(Nc2nc(N)n(-c3nc(C)cs3)n2)cc(OC)c1OC. The van der Waals surface area contributed by atoms with Crippen LogP contribution in [0.3, 0.4) is 0 Å². The van der Waals surface area contributed by atoms with Crippen LogP contribution in [0.1, 0.15) is 5.69 Å². The van der Waals surface area contributed by atoms with Crippen molar-refractivity contribution in [2.75, 3.05) is 32.4 Å². The van der Waals surface area contributed by atoms with E-state index in [2.05, 4.69) is 20.4 Å². The van der Waals surface area contributed by atoms with E-state index >= 15 is 0 Å². The van der Waals surface area contributed by atoms with Crippen molar-refractivity contribution in [2.45, 2.75) is 6.92 Å². The third kappa shape index (κ3) is 3.29.